The van der Waals surface area contributed by atoms with Crippen LogP contribution in [0.2, 0.25) is 0 Å². The third-order valence-electron chi connectivity index (χ3n) is 3.12. The van der Waals surface area contributed by atoms with E-state index in [0.717, 1.165) is 16.9 Å². The second kappa shape index (κ2) is 7.68. The molecule has 24 heavy (non-hydrogen) atoms. The summed E-state index contributed by atoms with van der Waals surface area (Å²) in [6, 6.07) is 15.2. The number of ether oxygens (including phenoxy) is 2. The molecule has 0 aliphatic rings. The van der Waals surface area contributed by atoms with Crippen molar-refractivity contribution in [2.24, 2.45) is 0 Å². The van der Waals surface area contributed by atoms with Gasteiger partial charge in [0, 0.05) is 5.69 Å². The number of carbonyl (C=O) groups is 1. The summed E-state index contributed by atoms with van der Waals surface area (Å²) < 4.78 is 10.9. The average molecular weight is 325 g/mol. The third-order valence-corrected chi connectivity index (χ3v) is 3.12. The fraction of sp³-hybridized carbons (Fsp3) is 0.250. The van der Waals surface area contributed by atoms with Gasteiger partial charge in [0.1, 0.15) is 18.0 Å². The van der Waals surface area contributed by atoms with E-state index >= 15 is 0 Å². The molecule has 0 spiro atoms. The molecule has 0 bridgehead atoms. The second-order valence-electron chi connectivity index (χ2n) is 6.39. The molecule has 126 valence electrons. The van der Waals surface area contributed by atoms with Crippen molar-refractivity contribution in [3.63, 3.8) is 0 Å². The van der Waals surface area contributed by atoms with Crippen molar-refractivity contribution in [3.05, 3.63) is 66.2 Å². The molecule has 2 aromatic carbocycles. The maximum atomic E-state index is 11.7. The quantitative estimate of drug-likeness (QED) is 0.816. The van der Waals surface area contributed by atoms with Crippen LogP contribution in [0.1, 0.15) is 31.9 Å². The first-order valence-corrected chi connectivity index (χ1v) is 7.80. The Kier molecular flexibility index (Phi) is 5.64. The number of nitrogens with one attached hydrogen (secondary N) is 1. The lowest BCUT2D eigenvalue weighted by molar-refractivity contribution is 0.0636. The zero-order chi connectivity index (χ0) is 17.6. The van der Waals surface area contributed by atoms with Crippen LogP contribution in [0.4, 0.5) is 10.5 Å². The van der Waals surface area contributed by atoms with E-state index in [2.05, 4.69) is 11.9 Å². The van der Waals surface area contributed by atoms with Crippen molar-refractivity contribution < 1.29 is 14.3 Å². The van der Waals surface area contributed by atoms with Crippen LogP contribution in [0.3, 0.4) is 0 Å². The molecule has 1 N–H and O–H groups in total. The molecule has 0 unspecified atom stereocenters. The molecule has 4 nitrogen and oxygen atoms in total. The molecule has 2 rings (SSSR count). The van der Waals surface area contributed by atoms with Gasteiger partial charge in [-0.05, 0) is 56.2 Å². The Balaban J connectivity index is 1.87. The number of hydrogen-bond donors (Lipinski definition) is 1. The maximum absolute atomic E-state index is 11.7. The second-order valence-corrected chi connectivity index (χ2v) is 6.39. The van der Waals surface area contributed by atoms with Crippen molar-refractivity contribution >= 4 is 17.9 Å². The van der Waals surface area contributed by atoms with Gasteiger partial charge in [0.2, 0.25) is 0 Å². The molecule has 0 atom stereocenters. The number of anilines is 1. The number of benzene rings is 2. The first-order valence-electron chi connectivity index (χ1n) is 7.80. The van der Waals surface area contributed by atoms with E-state index < -0.39 is 11.7 Å². The summed E-state index contributed by atoms with van der Waals surface area (Å²) in [5.41, 5.74) is 2.30. The Morgan fingerprint density at radius 1 is 1.08 bits per heavy atom. The molecule has 4 heteroatoms. The molecular formula is C20H23NO3. The van der Waals surface area contributed by atoms with Crippen LogP contribution in [0.25, 0.3) is 6.08 Å². The van der Waals surface area contributed by atoms with E-state index in [1.807, 2.05) is 57.2 Å². The Hall–Kier alpha value is -2.75. The summed E-state index contributed by atoms with van der Waals surface area (Å²) in [6.45, 7) is 9.69. The van der Waals surface area contributed by atoms with Crippen LogP contribution in [-0.2, 0) is 11.3 Å². The third kappa shape index (κ3) is 5.80. The first-order chi connectivity index (χ1) is 11.4. The zero-order valence-corrected chi connectivity index (χ0v) is 14.3. The largest absolute Gasteiger partial charge is 0.489 e. The monoisotopic (exact) mass is 325 g/mol. The molecule has 0 saturated carbocycles. The molecule has 0 radical (unpaired) electrons. The minimum atomic E-state index is -0.520. The Morgan fingerprint density at radius 3 is 2.25 bits per heavy atom. The summed E-state index contributed by atoms with van der Waals surface area (Å²) in [5.74, 6) is 0.734. The van der Waals surface area contributed by atoms with Crippen LogP contribution >= 0.6 is 0 Å². The predicted molar refractivity (Wildman–Crippen MR) is 97.2 cm³/mol. The van der Waals surface area contributed by atoms with Gasteiger partial charge in [-0.25, -0.2) is 4.79 Å². The van der Waals surface area contributed by atoms with Gasteiger partial charge < -0.3 is 9.47 Å². The van der Waals surface area contributed by atoms with Crippen LogP contribution in [0.5, 0.6) is 5.75 Å². The van der Waals surface area contributed by atoms with E-state index in [-0.39, 0.29) is 0 Å². The molecule has 0 aliphatic heterocycles. The van der Waals surface area contributed by atoms with Gasteiger partial charge in [-0.15, -0.1) is 0 Å². The summed E-state index contributed by atoms with van der Waals surface area (Å²) in [5, 5.41) is 2.69. The highest BCUT2D eigenvalue weighted by Gasteiger charge is 2.16. The topological polar surface area (TPSA) is 47.6 Å². The van der Waals surface area contributed by atoms with Crippen molar-refractivity contribution in [2.45, 2.75) is 33.0 Å². The molecular weight excluding hydrogens is 302 g/mol. The molecule has 1 amide bonds. The minimum absolute atomic E-state index is 0.474. The summed E-state index contributed by atoms with van der Waals surface area (Å²) in [4.78, 5) is 11.7. The van der Waals surface area contributed by atoms with Gasteiger partial charge >= 0.3 is 6.09 Å². The normalized spacial score (nSPS) is 10.8. The lowest BCUT2D eigenvalue weighted by Crippen LogP contribution is -2.27. The number of carbonyl (C=O) groups excluding carboxylic acids is 1. The van der Waals surface area contributed by atoms with Crippen molar-refractivity contribution in [3.8, 4) is 5.75 Å². The highest BCUT2D eigenvalue weighted by molar-refractivity contribution is 5.84. The van der Waals surface area contributed by atoms with E-state index in [1.54, 1.807) is 18.2 Å². The van der Waals surface area contributed by atoms with Gasteiger partial charge in [-0.2, -0.15) is 0 Å². The van der Waals surface area contributed by atoms with Gasteiger partial charge in [0.05, 0.1) is 0 Å². The Morgan fingerprint density at radius 2 is 1.71 bits per heavy atom. The predicted octanol–water partition coefficient (Wildman–Crippen LogP) is 5.26. The molecule has 0 saturated heterocycles. The molecule has 0 fully saturated rings. The van der Waals surface area contributed by atoms with Crippen molar-refractivity contribution in [2.75, 3.05) is 5.32 Å². The maximum Gasteiger partial charge on any atom is 0.412 e. The average Bonchev–Trinajstić information content (AvgIpc) is 2.53. The molecule has 0 heterocycles. The number of amides is 1. The first kappa shape index (κ1) is 17.6. The van der Waals surface area contributed by atoms with Crippen LogP contribution in [0, 0.1) is 0 Å². The molecule has 2 aromatic rings. The Labute approximate surface area is 143 Å². The van der Waals surface area contributed by atoms with Gasteiger partial charge in [0.25, 0.3) is 0 Å². The molecule has 0 aromatic heterocycles. The zero-order valence-electron chi connectivity index (χ0n) is 14.3. The lowest BCUT2D eigenvalue weighted by atomic mass is 10.1. The van der Waals surface area contributed by atoms with E-state index in [0.29, 0.717) is 12.3 Å². The van der Waals surface area contributed by atoms with E-state index in [1.165, 1.54) is 0 Å². The van der Waals surface area contributed by atoms with Gasteiger partial charge in [-0.1, -0.05) is 36.9 Å². The van der Waals surface area contributed by atoms with Gasteiger partial charge in [-0.3, -0.25) is 5.32 Å². The minimum Gasteiger partial charge on any atom is -0.489 e. The fourth-order valence-corrected chi connectivity index (χ4v) is 1.97. The summed E-state index contributed by atoms with van der Waals surface area (Å²) >= 11 is 0. The highest BCUT2D eigenvalue weighted by atomic mass is 16.6. The standard InChI is InChI=1S/C20H23NO3/c1-5-15-6-8-16(9-7-15)14-23-18-12-10-17(11-13-18)21-19(22)24-20(2,3)4/h5-13H,1,14H2,2-4H3,(H,21,22). The van der Waals surface area contributed by atoms with E-state index in [9.17, 15) is 4.79 Å². The molecule has 0 aliphatic carbocycles. The fourth-order valence-electron chi connectivity index (χ4n) is 1.97. The highest BCUT2D eigenvalue weighted by Crippen LogP contribution is 2.18. The Bertz CT molecular complexity index is 682. The van der Waals surface area contributed by atoms with E-state index in [4.69, 9.17) is 9.47 Å². The number of rotatable bonds is 5. The number of hydrogen-bond acceptors (Lipinski definition) is 3. The summed E-state index contributed by atoms with van der Waals surface area (Å²) in [6.07, 6.45) is 1.33. The van der Waals surface area contributed by atoms with Gasteiger partial charge in [0.15, 0.2) is 0 Å². The van der Waals surface area contributed by atoms with Crippen LogP contribution < -0.4 is 10.1 Å². The van der Waals surface area contributed by atoms with Crippen LogP contribution in [0.15, 0.2) is 55.1 Å². The smallest absolute Gasteiger partial charge is 0.412 e. The lowest BCUT2D eigenvalue weighted by Gasteiger charge is -2.19. The SMILES string of the molecule is C=Cc1ccc(COc2ccc(NC(=O)OC(C)(C)C)cc2)cc1. The van der Waals surface area contributed by atoms with Crippen molar-refractivity contribution in [1.82, 2.24) is 0 Å². The summed E-state index contributed by atoms with van der Waals surface area (Å²) in [7, 11) is 0. The van der Waals surface area contributed by atoms with Crippen molar-refractivity contribution in [1.29, 1.82) is 0 Å². The van der Waals surface area contributed by atoms with Crippen LogP contribution in [-0.4, -0.2) is 11.7 Å².